The summed E-state index contributed by atoms with van der Waals surface area (Å²) in [5.41, 5.74) is 1.47. The minimum atomic E-state index is -0.328. The van der Waals surface area contributed by atoms with Crippen molar-refractivity contribution in [3.8, 4) is 0 Å². The van der Waals surface area contributed by atoms with Gasteiger partial charge in [-0.05, 0) is 43.7 Å². The predicted molar refractivity (Wildman–Crippen MR) is 119 cm³/mol. The smallest absolute Gasteiger partial charge is 0.253 e. The van der Waals surface area contributed by atoms with Crippen molar-refractivity contribution in [2.24, 2.45) is 0 Å². The topological polar surface area (TPSA) is 59.8 Å². The molecule has 0 aliphatic rings. The van der Waals surface area contributed by atoms with Gasteiger partial charge in [0.15, 0.2) is 11.0 Å². The number of nitrogens with one attached hydrogen (secondary N) is 1. The van der Waals surface area contributed by atoms with Gasteiger partial charge in [0.2, 0.25) is 0 Å². The number of hydrogen-bond donors (Lipinski definition) is 1. The Balaban J connectivity index is 1.72. The van der Waals surface area contributed by atoms with Gasteiger partial charge in [-0.1, -0.05) is 64.8 Å². The first-order valence-electron chi connectivity index (χ1n) is 8.96. The summed E-state index contributed by atoms with van der Waals surface area (Å²) in [5.74, 6) is 1.11. The molecule has 1 heterocycles. The normalized spacial score (nSPS) is 12.0. The Labute approximate surface area is 188 Å². The third kappa shape index (κ3) is 5.25. The highest BCUT2D eigenvalue weighted by atomic mass is 35.5. The van der Waals surface area contributed by atoms with Crippen LogP contribution in [0.25, 0.3) is 0 Å². The van der Waals surface area contributed by atoms with E-state index in [9.17, 15) is 4.79 Å². The molecule has 0 spiro atoms. The molecular weight excluding hydrogens is 451 g/mol. The number of rotatable bonds is 7. The number of aromatic nitrogens is 3. The number of carbonyl (C=O) groups is 1. The molecule has 1 amide bonds. The Morgan fingerprint density at radius 3 is 2.55 bits per heavy atom. The molecule has 1 aromatic heterocycles. The van der Waals surface area contributed by atoms with Crippen molar-refractivity contribution in [3.05, 3.63) is 74.5 Å². The second-order valence-electron chi connectivity index (χ2n) is 6.30. The summed E-state index contributed by atoms with van der Waals surface area (Å²) in [4.78, 5) is 12.5. The molecule has 2 aromatic carbocycles. The van der Waals surface area contributed by atoms with Crippen molar-refractivity contribution in [1.82, 2.24) is 20.1 Å². The molecule has 1 unspecified atom stereocenters. The fourth-order valence-corrected chi connectivity index (χ4v) is 4.28. The van der Waals surface area contributed by atoms with E-state index in [1.54, 1.807) is 42.1 Å². The van der Waals surface area contributed by atoms with Gasteiger partial charge in [0, 0.05) is 12.3 Å². The van der Waals surface area contributed by atoms with E-state index in [1.165, 1.54) is 0 Å². The Hall–Kier alpha value is -1.73. The Kier molecular flexibility index (Phi) is 7.46. The van der Waals surface area contributed by atoms with Gasteiger partial charge in [0.1, 0.15) is 0 Å². The monoisotopic (exact) mass is 468 g/mol. The lowest BCUT2D eigenvalue weighted by Crippen LogP contribution is -2.29. The first-order valence-corrected chi connectivity index (χ1v) is 11.1. The van der Waals surface area contributed by atoms with Crippen LogP contribution in [0.5, 0.6) is 0 Å². The number of thioether (sulfide) groups is 1. The van der Waals surface area contributed by atoms with Crippen molar-refractivity contribution < 1.29 is 4.79 Å². The zero-order chi connectivity index (χ0) is 21.0. The predicted octanol–water partition coefficient (Wildman–Crippen LogP) is 6.04. The van der Waals surface area contributed by atoms with Crippen LogP contribution in [-0.4, -0.2) is 20.7 Å². The van der Waals surface area contributed by atoms with Crippen LogP contribution in [0.3, 0.4) is 0 Å². The minimum Gasteiger partial charge on any atom is -0.342 e. The highest BCUT2D eigenvalue weighted by molar-refractivity contribution is 7.98. The molecule has 0 aliphatic carbocycles. The third-order valence-corrected chi connectivity index (χ3v) is 6.37. The van der Waals surface area contributed by atoms with Crippen molar-refractivity contribution in [3.63, 3.8) is 0 Å². The molecule has 1 atom stereocenters. The highest BCUT2D eigenvalue weighted by Crippen LogP contribution is 2.28. The van der Waals surface area contributed by atoms with Gasteiger partial charge < -0.3 is 9.88 Å². The van der Waals surface area contributed by atoms with E-state index in [0.717, 1.165) is 10.7 Å². The first kappa shape index (κ1) is 22.0. The lowest BCUT2D eigenvalue weighted by Gasteiger charge is -2.15. The number of amides is 1. The van der Waals surface area contributed by atoms with E-state index in [1.807, 2.05) is 30.5 Å². The van der Waals surface area contributed by atoms with Gasteiger partial charge in [0.05, 0.1) is 26.7 Å². The second kappa shape index (κ2) is 9.85. The molecule has 3 rings (SSSR count). The van der Waals surface area contributed by atoms with Crippen molar-refractivity contribution in [1.29, 1.82) is 0 Å². The SMILES string of the molecule is CCn1c(SCc2ccc(Cl)c(Cl)c2)nnc1C(C)NC(=O)c1ccccc1Cl. The molecule has 3 aromatic rings. The molecule has 0 bridgehead atoms. The molecule has 0 radical (unpaired) electrons. The van der Waals surface area contributed by atoms with E-state index < -0.39 is 0 Å². The molecule has 1 N–H and O–H groups in total. The number of hydrogen-bond acceptors (Lipinski definition) is 4. The van der Waals surface area contributed by atoms with Gasteiger partial charge in [-0.15, -0.1) is 10.2 Å². The van der Waals surface area contributed by atoms with E-state index >= 15 is 0 Å². The average molecular weight is 470 g/mol. The number of benzene rings is 2. The van der Waals surface area contributed by atoms with Gasteiger partial charge in [-0.25, -0.2) is 0 Å². The van der Waals surface area contributed by atoms with Crippen LogP contribution in [0.4, 0.5) is 0 Å². The van der Waals surface area contributed by atoms with Crippen LogP contribution in [0, 0.1) is 0 Å². The van der Waals surface area contributed by atoms with E-state index in [4.69, 9.17) is 34.8 Å². The first-order chi connectivity index (χ1) is 13.9. The molecule has 0 fully saturated rings. The third-order valence-electron chi connectivity index (χ3n) is 4.27. The van der Waals surface area contributed by atoms with Crippen LogP contribution in [0.2, 0.25) is 15.1 Å². The van der Waals surface area contributed by atoms with Crippen LogP contribution in [-0.2, 0) is 12.3 Å². The summed E-state index contributed by atoms with van der Waals surface area (Å²) in [6.45, 7) is 4.56. The number of carbonyl (C=O) groups excluding carboxylic acids is 1. The molecule has 5 nitrogen and oxygen atoms in total. The summed E-state index contributed by atoms with van der Waals surface area (Å²) in [6.07, 6.45) is 0. The van der Waals surface area contributed by atoms with Crippen molar-refractivity contribution in [2.75, 3.05) is 0 Å². The van der Waals surface area contributed by atoms with Crippen molar-refractivity contribution >= 4 is 52.5 Å². The van der Waals surface area contributed by atoms with Gasteiger partial charge in [-0.2, -0.15) is 0 Å². The van der Waals surface area contributed by atoms with Crippen LogP contribution in [0.1, 0.15) is 41.6 Å². The summed E-state index contributed by atoms with van der Waals surface area (Å²) >= 11 is 19.7. The average Bonchev–Trinajstić information content (AvgIpc) is 3.12. The maximum atomic E-state index is 12.5. The summed E-state index contributed by atoms with van der Waals surface area (Å²) < 4.78 is 1.99. The quantitative estimate of drug-likeness (QED) is 0.428. The molecule has 9 heteroatoms. The fourth-order valence-electron chi connectivity index (χ4n) is 2.79. The number of halogens is 3. The maximum Gasteiger partial charge on any atom is 0.253 e. The van der Waals surface area contributed by atoms with Crippen LogP contribution < -0.4 is 5.32 Å². The van der Waals surface area contributed by atoms with Crippen LogP contribution in [0.15, 0.2) is 47.6 Å². The van der Waals surface area contributed by atoms with Gasteiger partial charge in [0.25, 0.3) is 5.91 Å². The second-order valence-corrected chi connectivity index (χ2v) is 8.46. The van der Waals surface area contributed by atoms with E-state index in [0.29, 0.717) is 38.8 Å². The van der Waals surface area contributed by atoms with Crippen LogP contribution >= 0.6 is 46.6 Å². The molecule has 152 valence electrons. The standard InChI is InChI=1S/C20H19Cl3N4OS/c1-3-27-18(12(2)24-19(28)14-6-4-5-7-15(14)21)25-26-20(27)29-11-13-8-9-16(22)17(23)10-13/h4-10,12H,3,11H2,1-2H3,(H,24,28). The molecule has 0 aliphatic heterocycles. The Morgan fingerprint density at radius 1 is 1.10 bits per heavy atom. The molecule has 0 saturated carbocycles. The summed E-state index contributed by atoms with van der Waals surface area (Å²) in [5, 5.41) is 13.8. The Bertz CT molecular complexity index is 1020. The lowest BCUT2D eigenvalue weighted by atomic mass is 10.2. The summed E-state index contributed by atoms with van der Waals surface area (Å²) in [7, 11) is 0. The Morgan fingerprint density at radius 2 is 1.86 bits per heavy atom. The fraction of sp³-hybridized carbons (Fsp3) is 0.250. The summed E-state index contributed by atoms with van der Waals surface area (Å²) in [6, 6.07) is 12.2. The zero-order valence-corrected chi connectivity index (χ0v) is 18.9. The largest absolute Gasteiger partial charge is 0.342 e. The van der Waals surface area contributed by atoms with E-state index in [-0.39, 0.29) is 11.9 Å². The van der Waals surface area contributed by atoms with Gasteiger partial charge in [-0.3, -0.25) is 4.79 Å². The zero-order valence-electron chi connectivity index (χ0n) is 15.8. The minimum absolute atomic E-state index is 0.251. The van der Waals surface area contributed by atoms with Gasteiger partial charge >= 0.3 is 0 Å². The maximum absolute atomic E-state index is 12.5. The molecule has 0 saturated heterocycles. The highest BCUT2D eigenvalue weighted by Gasteiger charge is 2.20. The number of nitrogens with zero attached hydrogens (tertiary/aromatic N) is 3. The lowest BCUT2D eigenvalue weighted by molar-refractivity contribution is 0.0937. The van der Waals surface area contributed by atoms with Crippen molar-refractivity contribution in [2.45, 2.75) is 37.3 Å². The molecule has 29 heavy (non-hydrogen) atoms. The molecular formula is C20H19Cl3N4OS. The van der Waals surface area contributed by atoms with E-state index in [2.05, 4.69) is 15.5 Å².